The summed E-state index contributed by atoms with van der Waals surface area (Å²) in [5, 5.41) is 23.3. The molecule has 5 aliphatic carbocycles. The number of rotatable bonds is 4. The Kier molecular flexibility index (Phi) is 6.51. The third-order valence-electron chi connectivity index (χ3n) is 14.4. The van der Waals surface area contributed by atoms with Gasteiger partial charge in [-0.25, -0.2) is 0 Å². The monoisotopic (exact) mass is 574 g/mol. The number of hydrogen-bond donors (Lipinski definition) is 2. The molecule has 13 atom stereocenters. The molecule has 0 aromatic carbocycles. The molecule has 0 aromatic rings. The van der Waals surface area contributed by atoms with Crippen molar-refractivity contribution in [2.75, 3.05) is 0 Å². The summed E-state index contributed by atoms with van der Waals surface area (Å²) in [7, 11) is 0. The highest BCUT2D eigenvalue weighted by Crippen LogP contribution is 2.89. The van der Waals surface area contributed by atoms with Gasteiger partial charge in [-0.15, -0.1) is 0 Å². The van der Waals surface area contributed by atoms with Crippen LogP contribution >= 0.6 is 0 Å². The molecule has 6 rings (SSSR count). The van der Waals surface area contributed by atoms with E-state index < -0.39 is 29.9 Å². The first kappa shape index (κ1) is 29.9. The molecule has 0 amide bonds. The van der Waals surface area contributed by atoms with E-state index in [9.17, 15) is 19.8 Å². The maximum absolute atomic E-state index is 12.4. The van der Waals surface area contributed by atoms with Gasteiger partial charge >= 0.3 is 11.9 Å². The van der Waals surface area contributed by atoms with Crippen molar-refractivity contribution < 1.29 is 34.0 Å². The van der Waals surface area contributed by atoms with Crippen molar-refractivity contribution in [2.45, 2.75) is 150 Å². The minimum absolute atomic E-state index is 0.0265. The van der Waals surface area contributed by atoms with E-state index >= 15 is 0 Å². The summed E-state index contributed by atoms with van der Waals surface area (Å²) in [6, 6.07) is 0. The van der Waals surface area contributed by atoms with Crippen LogP contribution in [-0.4, -0.2) is 58.3 Å². The molecule has 1 heterocycles. The molecule has 1 saturated heterocycles. The van der Waals surface area contributed by atoms with Gasteiger partial charge in [0.25, 0.3) is 0 Å². The van der Waals surface area contributed by atoms with Crippen molar-refractivity contribution in [3.8, 4) is 0 Å². The Bertz CT molecular complexity index is 1110. The van der Waals surface area contributed by atoms with E-state index in [1.54, 1.807) is 13.8 Å². The first-order valence-corrected chi connectivity index (χ1v) is 16.3. The molecule has 0 radical (unpaired) electrons. The zero-order chi connectivity index (χ0) is 30.1. The van der Waals surface area contributed by atoms with Crippen LogP contribution in [0.3, 0.4) is 0 Å². The first-order valence-electron chi connectivity index (χ1n) is 16.3. The minimum atomic E-state index is -1.26. The minimum Gasteiger partial charge on any atom is -0.462 e. The smallest absolute Gasteiger partial charge is 0.303 e. The van der Waals surface area contributed by atoms with Gasteiger partial charge in [0, 0.05) is 24.7 Å². The third kappa shape index (κ3) is 3.73. The molecule has 232 valence electrons. The van der Waals surface area contributed by atoms with Gasteiger partial charge in [0.1, 0.15) is 6.10 Å². The number of carbonyl (C=O) groups is 2. The third-order valence-corrected chi connectivity index (χ3v) is 14.4. The maximum atomic E-state index is 12.4. The van der Waals surface area contributed by atoms with E-state index in [-0.39, 0.29) is 57.1 Å². The first-order chi connectivity index (χ1) is 18.9. The summed E-state index contributed by atoms with van der Waals surface area (Å²) in [6.45, 7) is 17.9. The van der Waals surface area contributed by atoms with Crippen LogP contribution in [0.1, 0.15) is 114 Å². The maximum Gasteiger partial charge on any atom is 0.303 e. The van der Waals surface area contributed by atoms with E-state index in [1.165, 1.54) is 26.7 Å². The van der Waals surface area contributed by atoms with Crippen LogP contribution < -0.4 is 0 Å². The van der Waals surface area contributed by atoms with Crippen LogP contribution in [0, 0.1) is 50.7 Å². The lowest BCUT2D eigenvalue weighted by Gasteiger charge is -2.63. The normalized spacial score (nSPS) is 52.1. The van der Waals surface area contributed by atoms with Gasteiger partial charge in [-0.1, -0.05) is 34.6 Å². The van der Waals surface area contributed by atoms with Crippen molar-refractivity contribution >= 4 is 11.9 Å². The van der Waals surface area contributed by atoms with Crippen LogP contribution in [0.15, 0.2) is 0 Å². The molecule has 1 aliphatic heterocycles. The number of fused-ring (bicyclic) bond motifs is 4. The summed E-state index contributed by atoms with van der Waals surface area (Å²) < 4.78 is 18.3. The quantitative estimate of drug-likeness (QED) is 0.432. The molecule has 7 heteroatoms. The van der Waals surface area contributed by atoms with Crippen LogP contribution in [0.2, 0.25) is 0 Å². The van der Waals surface area contributed by atoms with Crippen molar-refractivity contribution in [1.82, 2.24) is 0 Å². The number of ether oxygens (including phenoxy) is 3. The fraction of sp³-hybridized carbons (Fsp3) is 0.941. The van der Waals surface area contributed by atoms with Gasteiger partial charge in [0.05, 0.1) is 23.9 Å². The van der Waals surface area contributed by atoms with Crippen molar-refractivity contribution in [1.29, 1.82) is 0 Å². The highest BCUT2D eigenvalue weighted by molar-refractivity contribution is 5.66. The lowest BCUT2D eigenvalue weighted by atomic mass is 9.41. The molecule has 7 nitrogen and oxygen atoms in total. The second kappa shape index (κ2) is 8.94. The average molecular weight is 575 g/mol. The van der Waals surface area contributed by atoms with Gasteiger partial charge in [-0.2, -0.15) is 0 Å². The molecular formula is C34H54O7. The molecule has 0 bridgehead atoms. The Hall–Kier alpha value is -1.18. The van der Waals surface area contributed by atoms with Crippen LogP contribution in [0.25, 0.3) is 0 Å². The highest BCUT2D eigenvalue weighted by Gasteiger charge is 2.84. The summed E-state index contributed by atoms with van der Waals surface area (Å²) >= 11 is 0. The zero-order valence-corrected chi connectivity index (χ0v) is 26.8. The van der Waals surface area contributed by atoms with Crippen molar-refractivity contribution in [3.63, 3.8) is 0 Å². The number of aliphatic hydroxyl groups is 2. The van der Waals surface area contributed by atoms with E-state index in [2.05, 4.69) is 34.6 Å². The average Bonchev–Trinajstić information content (AvgIpc) is 3.48. The fourth-order valence-electron chi connectivity index (χ4n) is 12.8. The predicted octanol–water partition coefficient (Wildman–Crippen LogP) is 5.43. The standard InChI is InChI=1S/C34H54O7/c1-18-16-21(28(30(6,7)38)40-20(3)36)41-26-25(18)31(8)14-15-34-17-33(34)13-12-24(39-19(2)35)29(4,5)22(33)10-11-23(34)32(31,9)27(26)37/h18,21-28,37-38H,10-17H2,1-9H3/t18-,21-,22+,23+,24+,25?,26+,27+,28+,31-,32-,33-,34+/m1/s1. The number of esters is 2. The molecule has 6 aliphatic rings. The summed E-state index contributed by atoms with van der Waals surface area (Å²) in [5.74, 6) is 0.799. The number of hydrogen-bond acceptors (Lipinski definition) is 7. The molecule has 5 saturated carbocycles. The predicted molar refractivity (Wildman–Crippen MR) is 154 cm³/mol. The van der Waals surface area contributed by atoms with Crippen LogP contribution in [-0.2, 0) is 23.8 Å². The van der Waals surface area contributed by atoms with Gasteiger partial charge in [0.15, 0.2) is 6.10 Å². The zero-order valence-electron chi connectivity index (χ0n) is 26.8. The van der Waals surface area contributed by atoms with E-state index in [0.29, 0.717) is 18.3 Å². The summed E-state index contributed by atoms with van der Waals surface area (Å²) in [6.07, 6.45) is 6.17. The Morgan fingerprint density at radius 2 is 1.59 bits per heavy atom. The molecule has 2 N–H and O–H groups in total. The van der Waals surface area contributed by atoms with Gasteiger partial charge in [-0.05, 0) is 105 Å². The fourth-order valence-corrected chi connectivity index (χ4v) is 12.8. The van der Waals surface area contributed by atoms with E-state index in [1.807, 2.05) is 0 Å². The molecular weight excluding hydrogens is 520 g/mol. The molecule has 2 spiro atoms. The SMILES string of the molecule is CC(=O)O[C@H]1CC[C@]23C[C@]24CC[C@]2(C)C5[C@H](C)C[C@H]([C@H](OC(C)=O)C(C)(C)O)O[C@@H]5[C@H](O)[C@@]2(C)[C@@H]4CC[C@H]3C1(C)C. The molecule has 1 unspecified atom stereocenters. The van der Waals surface area contributed by atoms with Gasteiger partial charge < -0.3 is 24.4 Å². The second-order valence-electron chi connectivity index (χ2n) is 16.8. The lowest BCUT2D eigenvalue weighted by Crippen LogP contribution is -2.60. The molecule has 6 fully saturated rings. The lowest BCUT2D eigenvalue weighted by molar-refractivity contribution is -0.216. The van der Waals surface area contributed by atoms with Crippen molar-refractivity contribution in [2.24, 2.45) is 50.7 Å². The topological polar surface area (TPSA) is 102 Å². The molecule has 0 aromatic heterocycles. The Balaban J connectivity index is 1.32. The van der Waals surface area contributed by atoms with Crippen LogP contribution in [0.4, 0.5) is 0 Å². The van der Waals surface area contributed by atoms with E-state index in [4.69, 9.17) is 14.2 Å². The second-order valence-corrected chi connectivity index (χ2v) is 16.8. The Morgan fingerprint density at radius 1 is 0.951 bits per heavy atom. The summed E-state index contributed by atoms with van der Waals surface area (Å²) in [5.41, 5.74) is -1.17. The Morgan fingerprint density at radius 3 is 2.20 bits per heavy atom. The Labute approximate surface area is 246 Å². The van der Waals surface area contributed by atoms with E-state index in [0.717, 1.165) is 32.1 Å². The largest absolute Gasteiger partial charge is 0.462 e. The van der Waals surface area contributed by atoms with Crippen molar-refractivity contribution in [3.05, 3.63) is 0 Å². The number of carbonyl (C=O) groups excluding carboxylic acids is 2. The summed E-state index contributed by atoms with van der Waals surface area (Å²) in [4.78, 5) is 23.9. The van der Waals surface area contributed by atoms with Gasteiger partial charge in [0.2, 0.25) is 0 Å². The van der Waals surface area contributed by atoms with Gasteiger partial charge in [-0.3, -0.25) is 9.59 Å². The van der Waals surface area contributed by atoms with Crippen LogP contribution in [0.5, 0.6) is 0 Å². The number of aliphatic hydroxyl groups excluding tert-OH is 1. The molecule has 41 heavy (non-hydrogen) atoms. The highest BCUT2D eigenvalue weighted by atomic mass is 16.6.